The largest absolute Gasteiger partial charge is 0.343 e. The lowest BCUT2D eigenvalue weighted by molar-refractivity contribution is -0.132. The lowest BCUT2D eigenvalue weighted by Gasteiger charge is -2.31. The number of sulfonamides is 1. The molecule has 0 N–H and O–H groups in total. The van der Waals surface area contributed by atoms with Crippen LogP contribution in [-0.4, -0.2) is 50.2 Å². The topological polar surface area (TPSA) is 81.5 Å². The molecule has 0 saturated carbocycles. The number of benzene rings is 1. The minimum absolute atomic E-state index is 0.102. The zero-order valence-electron chi connectivity index (χ0n) is 11.1. The summed E-state index contributed by atoms with van der Waals surface area (Å²) < 4.78 is 25.7. The normalized spacial score (nSPS) is 17.0. The molecule has 0 atom stereocenters. The molecule has 106 valence electrons. The van der Waals surface area contributed by atoms with Gasteiger partial charge in [-0.05, 0) is 17.7 Å². The van der Waals surface area contributed by atoms with E-state index in [1.165, 1.54) is 9.21 Å². The van der Waals surface area contributed by atoms with E-state index >= 15 is 0 Å². The van der Waals surface area contributed by atoms with Gasteiger partial charge in [-0.15, -0.1) is 0 Å². The van der Waals surface area contributed by atoms with Crippen LogP contribution in [0.3, 0.4) is 0 Å². The smallest absolute Gasteiger partial charge is 0.237 e. The Balaban J connectivity index is 2.11. The molecule has 1 aliphatic heterocycles. The number of piperazine rings is 1. The Kier molecular flexibility index (Phi) is 4.06. The molecule has 1 aromatic rings. The number of hydrogen-bond acceptors (Lipinski definition) is 4. The third-order valence-electron chi connectivity index (χ3n) is 3.25. The van der Waals surface area contributed by atoms with Crippen LogP contribution in [0, 0.1) is 11.3 Å². The van der Waals surface area contributed by atoms with E-state index in [0.717, 1.165) is 0 Å². The van der Waals surface area contributed by atoms with Gasteiger partial charge < -0.3 is 4.90 Å². The predicted octanol–water partition coefficient (Wildman–Crippen LogP) is 0.162. The van der Waals surface area contributed by atoms with Gasteiger partial charge in [0.05, 0.1) is 23.9 Å². The fourth-order valence-corrected chi connectivity index (χ4v) is 3.41. The predicted molar refractivity (Wildman–Crippen MR) is 73.0 cm³/mol. The fourth-order valence-electron chi connectivity index (χ4n) is 1.95. The lowest BCUT2D eigenvalue weighted by atomic mass is 10.2. The average Bonchev–Trinajstić information content (AvgIpc) is 2.42. The van der Waals surface area contributed by atoms with E-state index in [1.807, 2.05) is 6.07 Å². The van der Waals surface area contributed by atoms with E-state index in [4.69, 9.17) is 5.26 Å². The Morgan fingerprint density at radius 2 is 1.90 bits per heavy atom. The molecule has 6 nitrogen and oxygen atoms in total. The number of carbonyl (C=O) groups excluding carboxylic acids is 1. The molecule has 0 spiro atoms. The molecule has 0 aliphatic carbocycles. The third kappa shape index (κ3) is 3.15. The van der Waals surface area contributed by atoms with Gasteiger partial charge in [-0.2, -0.15) is 9.57 Å². The van der Waals surface area contributed by atoms with Crippen LogP contribution >= 0.6 is 0 Å². The van der Waals surface area contributed by atoms with Crippen molar-refractivity contribution in [1.29, 1.82) is 5.26 Å². The van der Waals surface area contributed by atoms with Gasteiger partial charge in [0.2, 0.25) is 15.9 Å². The third-order valence-corrected chi connectivity index (χ3v) is 5.04. The average molecular weight is 293 g/mol. The number of likely N-dealkylation sites (N-methyl/N-ethyl adjacent to an activating group) is 1. The van der Waals surface area contributed by atoms with Crippen LogP contribution in [0.15, 0.2) is 24.3 Å². The first-order valence-corrected chi connectivity index (χ1v) is 7.74. The first kappa shape index (κ1) is 14.5. The van der Waals surface area contributed by atoms with Crippen molar-refractivity contribution in [2.45, 2.75) is 5.75 Å². The molecule has 0 bridgehead atoms. The maximum atomic E-state index is 12.3. The van der Waals surface area contributed by atoms with Crippen LogP contribution in [0.2, 0.25) is 0 Å². The van der Waals surface area contributed by atoms with Gasteiger partial charge in [-0.25, -0.2) is 8.42 Å². The molecule has 7 heteroatoms. The number of hydrogen-bond donors (Lipinski definition) is 0. The lowest BCUT2D eigenvalue weighted by Crippen LogP contribution is -2.50. The summed E-state index contributed by atoms with van der Waals surface area (Å²) in [4.78, 5) is 13.1. The standard InChI is InChI=1S/C13H15N3O3S/c1-15-6-7-16(9-13(15)17)20(18,19)10-12-4-2-11(8-14)3-5-12/h2-5H,6-7,9-10H2,1H3. The highest BCUT2D eigenvalue weighted by Crippen LogP contribution is 2.14. The zero-order valence-corrected chi connectivity index (χ0v) is 11.9. The van der Waals surface area contributed by atoms with E-state index in [2.05, 4.69) is 0 Å². The Morgan fingerprint density at radius 3 is 2.45 bits per heavy atom. The summed E-state index contributed by atoms with van der Waals surface area (Å²) in [5, 5.41) is 8.70. The number of nitrogens with zero attached hydrogens (tertiary/aromatic N) is 3. The summed E-state index contributed by atoms with van der Waals surface area (Å²) >= 11 is 0. The first-order valence-electron chi connectivity index (χ1n) is 6.13. The highest BCUT2D eigenvalue weighted by atomic mass is 32.2. The molecular weight excluding hydrogens is 278 g/mol. The summed E-state index contributed by atoms with van der Waals surface area (Å²) in [7, 11) is -1.85. The van der Waals surface area contributed by atoms with E-state index in [9.17, 15) is 13.2 Å². The highest BCUT2D eigenvalue weighted by Gasteiger charge is 2.30. The summed E-state index contributed by atoms with van der Waals surface area (Å²) in [6.07, 6.45) is 0. The van der Waals surface area contributed by atoms with Crippen molar-refractivity contribution >= 4 is 15.9 Å². The molecule has 1 saturated heterocycles. The summed E-state index contributed by atoms with van der Waals surface area (Å²) in [5.41, 5.74) is 1.09. The monoisotopic (exact) mass is 293 g/mol. The van der Waals surface area contributed by atoms with Crippen molar-refractivity contribution in [2.75, 3.05) is 26.7 Å². The number of carbonyl (C=O) groups is 1. The fraction of sp³-hybridized carbons (Fsp3) is 0.385. The minimum atomic E-state index is -3.51. The van der Waals surface area contributed by atoms with Crippen LogP contribution in [0.25, 0.3) is 0 Å². The minimum Gasteiger partial charge on any atom is -0.343 e. The van der Waals surface area contributed by atoms with Crippen LogP contribution in [0.1, 0.15) is 11.1 Å². The van der Waals surface area contributed by atoms with Crippen molar-refractivity contribution in [2.24, 2.45) is 0 Å². The van der Waals surface area contributed by atoms with Crippen LogP contribution in [-0.2, 0) is 20.6 Å². The molecule has 0 unspecified atom stereocenters. The molecule has 20 heavy (non-hydrogen) atoms. The molecule has 1 amide bonds. The zero-order chi connectivity index (χ0) is 14.8. The van der Waals surface area contributed by atoms with Crippen molar-refractivity contribution in [3.63, 3.8) is 0 Å². The number of amides is 1. The van der Waals surface area contributed by atoms with E-state index in [0.29, 0.717) is 24.2 Å². The van der Waals surface area contributed by atoms with Gasteiger partial charge in [0.1, 0.15) is 0 Å². The van der Waals surface area contributed by atoms with E-state index in [-0.39, 0.29) is 18.2 Å². The Bertz CT molecular complexity index is 646. The maximum absolute atomic E-state index is 12.3. The van der Waals surface area contributed by atoms with E-state index < -0.39 is 10.0 Å². The molecular formula is C13H15N3O3S. The van der Waals surface area contributed by atoms with Crippen LogP contribution in [0.5, 0.6) is 0 Å². The van der Waals surface area contributed by atoms with Gasteiger partial charge >= 0.3 is 0 Å². The second kappa shape index (κ2) is 5.61. The quantitative estimate of drug-likeness (QED) is 0.795. The number of nitriles is 1. The molecule has 1 aliphatic rings. The van der Waals surface area contributed by atoms with E-state index in [1.54, 1.807) is 31.3 Å². The molecule has 1 fully saturated rings. The second-order valence-electron chi connectivity index (χ2n) is 4.71. The summed E-state index contributed by atoms with van der Waals surface area (Å²) in [6, 6.07) is 8.39. The Labute approximate surface area is 118 Å². The molecule has 0 aromatic heterocycles. The Morgan fingerprint density at radius 1 is 1.25 bits per heavy atom. The van der Waals surface area contributed by atoms with Crippen LogP contribution < -0.4 is 0 Å². The van der Waals surface area contributed by atoms with Crippen molar-refractivity contribution in [3.05, 3.63) is 35.4 Å². The number of rotatable bonds is 3. The SMILES string of the molecule is CN1CCN(S(=O)(=O)Cc2ccc(C#N)cc2)CC1=O. The molecule has 0 radical (unpaired) electrons. The maximum Gasteiger partial charge on any atom is 0.237 e. The van der Waals surface area contributed by atoms with Crippen LogP contribution in [0.4, 0.5) is 0 Å². The molecule has 2 rings (SSSR count). The molecule has 1 heterocycles. The van der Waals surface area contributed by atoms with Crippen molar-refractivity contribution < 1.29 is 13.2 Å². The van der Waals surface area contributed by atoms with Gasteiger partial charge in [0.25, 0.3) is 0 Å². The van der Waals surface area contributed by atoms with Crippen molar-refractivity contribution in [1.82, 2.24) is 9.21 Å². The first-order chi connectivity index (χ1) is 9.42. The van der Waals surface area contributed by atoms with Gasteiger partial charge in [-0.1, -0.05) is 12.1 Å². The van der Waals surface area contributed by atoms with Crippen molar-refractivity contribution in [3.8, 4) is 6.07 Å². The molecule has 1 aromatic carbocycles. The second-order valence-corrected chi connectivity index (χ2v) is 6.68. The van der Waals surface area contributed by atoms with Gasteiger partial charge in [0, 0.05) is 20.1 Å². The van der Waals surface area contributed by atoms with Gasteiger partial charge in [0.15, 0.2) is 0 Å². The summed E-state index contributed by atoms with van der Waals surface area (Å²) in [5.74, 6) is -0.352. The highest BCUT2D eigenvalue weighted by molar-refractivity contribution is 7.88. The Hall–Kier alpha value is -1.91. The summed E-state index contributed by atoms with van der Waals surface area (Å²) in [6.45, 7) is 0.626. The van der Waals surface area contributed by atoms with Gasteiger partial charge in [-0.3, -0.25) is 4.79 Å².